The van der Waals surface area contributed by atoms with Gasteiger partial charge in [0.2, 0.25) is 17.7 Å². The summed E-state index contributed by atoms with van der Waals surface area (Å²) >= 11 is 3.85. The highest BCUT2D eigenvalue weighted by Crippen LogP contribution is 2.02. The lowest BCUT2D eigenvalue weighted by atomic mass is 10.1. The van der Waals surface area contributed by atoms with Crippen LogP contribution in [0.25, 0.3) is 0 Å². The number of carbonyl (C=O) groups is 5. The van der Waals surface area contributed by atoms with Crippen LogP contribution < -0.4 is 27.4 Å². The first-order chi connectivity index (χ1) is 13.1. The fourth-order valence-electron chi connectivity index (χ4n) is 2.04. The van der Waals surface area contributed by atoms with Crippen LogP contribution in [0.3, 0.4) is 0 Å². The quantitative estimate of drug-likeness (QED) is 0.106. The Balaban J connectivity index is 4.77. The molecule has 160 valence electrons. The molecule has 3 amide bonds. The van der Waals surface area contributed by atoms with Gasteiger partial charge in [0.1, 0.15) is 12.1 Å². The van der Waals surface area contributed by atoms with Crippen molar-refractivity contribution in [3.05, 3.63) is 0 Å². The Kier molecular flexibility index (Phi) is 12.6. The molecule has 0 aromatic rings. The number of nitrogens with one attached hydrogen (secondary N) is 3. The summed E-state index contributed by atoms with van der Waals surface area (Å²) in [6.07, 6.45) is 0.705. The first-order valence-electron chi connectivity index (χ1n) is 8.50. The number of thiol groups is 1. The third kappa shape index (κ3) is 10.7. The van der Waals surface area contributed by atoms with E-state index in [1.54, 1.807) is 0 Å². The largest absolute Gasteiger partial charge is 0.481 e. The summed E-state index contributed by atoms with van der Waals surface area (Å²) in [5.41, 5.74) is 10.8. The van der Waals surface area contributed by atoms with Gasteiger partial charge < -0.3 is 37.6 Å². The maximum atomic E-state index is 12.3. The summed E-state index contributed by atoms with van der Waals surface area (Å²) in [4.78, 5) is 57.5. The van der Waals surface area contributed by atoms with Crippen LogP contribution in [0.15, 0.2) is 0 Å². The van der Waals surface area contributed by atoms with Crippen molar-refractivity contribution in [2.45, 2.75) is 43.8 Å². The van der Waals surface area contributed by atoms with Gasteiger partial charge in [-0.15, -0.1) is 0 Å². The fraction of sp³-hybridized carbons (Fsp3) is 0.667. The topological polar surface area (TPSA) is 214 Å². The second-order valence-electron chi connectivity index (χ2n) is 5.91. The van der Waals surface area contributed by atoms with Gasteiger partial charge in [0.25, 0.3) is 0 Å². The maximum Gasteiger partial charge on any atom is 0.327 e. The average Bonchev–Trinajstić information content (AvgIpc) is 2.62. The molecular weight excluding hydrogens is 394 g/mol. The molecule has 0 aliphatic carbocycles. The number of carboxylic acids is 2. The second kappa shape index (κ2) is 13.7. The molecule has 0 heterocycles. The fourth-order valence-corrected chi connectivity index (χ4v) is 2.29. The smallest absolute Gasteiger partial charge is 0.327 e. The van der Waals surface area contributed by atoms with Crippen LogP contribution in [0.4, 0.5) is 0 Å². The highest BCUT2D eigenvalue weighted by atomic mass is 32.1. The monoisotopic (exact) mass is 421 g/mol. The number of carboxylic acid groups (broad SMARTS) is 2. The molecule has 0 saturated heterocycles. The maximum absolute atomic E-state index is 12.3. The first-order valence-corrected chi connectivity index (χ1v) is 9.14. The summed E-state index contributed by atoms with van der Waals surface area (Å²) in [6.45, 7) is -0.143. The highest BCUT2D eigenvalue weighted by Gasteiger charge is 2.26. The van der Waals surface area contributed by atoms with Gasteiger partial charge in [-0.25, -0.2) is 4.79 Å². The molecule has 0 rings (SSSR count). The molecule has 0 aromatic heterocycles. The van der Waals surface area contributed by atoms with Gasteiger partial charge in [-0.1, -0.05) is 0 Å². The summed E-state index contributed by atoms with van der Waals surface area (Å²) in [7, 11) is 0. The summed E-state index contributed by atoms with van der Waals surface area (Å²) < 4.78 is 0. The van der Waals surface area contributed by atoms with Crippen LogP contribution in [0, 0.1) is 0 Å². The molecule has 12 nitrogen and oxygen atoms in total. The number of hydrogen-bond acceptors (Lipinski definition) is 8. The Bertz CT molecular complexity index is 575. The van der Waals surface area contributed by atoms with Crippen molar-refractivity contribution in [1.29, 1.82) is 0 Å². The molecule has 0 aromatic carbocycles. The van der Waals surface area contributed by atoms with Crippen molar-refractivity contribution < 1.29 is 34.2 Å². The Morgan fingerprint density at radius 1 is 0.964 bits per heavy atom. The zero-order valence-electron chi connectivity index (χ0n) is 15.2. The van der Waals surface area contributed by atoms with E-state index in [4.69, 9.17) is 21.7 Å². The van der Waals surface area contributed by atoms with Gasteiger partial charge in [-0.3, -0.25) is 19.2 Å². The standard InChI is InChI=1S/C15H27N5O7S/c16-4-2-1-3-9(14(25)20-10(7-28)15(26)27)19-11(21)6-18-13(24)8(17)5-12(22)23/h8-10,28H,1-7,16-17H2,(H,18,24)(H,19,21)(H,20,25)(H,22,23)(H,26,27). The Morgan fingerprint density at radius 2 is 1.61 bits per heavy atom. The zero-order chi connectivity index (χ0) is 21.7. The van der Waals surface area contributed by atoms with Crippen molar-refractivity contribution in [1.82, 2.24) is 16.0 Å². The number of amides is 3. The minimum Gasteiger partial charge on any atom is -0.481 e. The van der Waals surface area contributed by atoms with E-state index in [0.29, 0.717) is 19.4 Å². The van der Waals surface area contributed by atoms with E-state index in [9.17, 15) is 24.0 Å². The Hall–Kier alpha value is -2.38. The molecule has 0 saturated carbocycles. The Labute approximate surface area is 167 Å². The average molecular weight is 421 g/mol. The number of rotatable bonds is 14. The molecular formula is C15H27N5O7S. The summed E-state index contributed by atoms with van der Waals surface area (Å²) in [5, 5.41) is 24.4. The number of nitrogens with two attached hydrogens (primary N) is 2. The van der Waals surface area contributed by atoms with Crippen LogP contribution in [0.1, 0.15) is 25.7 Å². The highest BCUT2D eigenvalue weighted by molar-refractivity contribution is 7.80. The number of carbonyl (C=O) groups excluding carboxylic acids is 3. The number of aliphatic carboxylic acids is 2. The van der Waals surface area contributed by atoms with Crippen molar-refractivity contribution in [3.63, 3.8) is 0 Å². The van der Waals surface area contributed by atoms with Gasteiger partial charge >= 0.3 is 11.9 Å². The Morgan fingerprint density at radius 3 is 2.11 bits per heavy atom. The van der Waals surface area contributed by atoms with E-state index in [2.05, 4.69) is 28.6 Å². The molecule has 0 aliphatic rings. The predicted octanol–water partition coefficient (Wildman–Crippen LogP) is -2.98. The van der Waals surface area contributed by atoms with E-state index >= 15 is 0 Å². The van der Waals surface area contributed by atoms with Crippen LogP contribution >= 0.6 is 12.6 Å². The molecule has 28 heavy (non-hydrogen) atoms. The van der Waals surface area contributed by atoms with Crippen molar-refractivity contribution in [2.75, 3.05) is 18.8 Å². The number of hydrogen-bond donors (Lipinski definition) is 8. The van der Waals surface area contributed by atoms with Crippen molar-refractivity contribution >= 4 is 42.3 Å². The number of unbranched alkanes of at least 4 members (excludes halogenated alkanes) is 1. The van der Waals surface area contributed by atoms with Gasteiger partial charge in [-0.05, 0) is 25.8 Å². The van der Waals surface area contributed by atoms with Crippen molar-refractivity contribution in [3.8, 4) is 0 Å². The molecule has 0 spiro atoms. The molecule has 9 N–H and O–H groups in total. The third-order valence-corrected chi connectivity index (χ3v) is 3.92. The normalized spacial score (nSPS) is 13.7. The minimum atomic E-state index is -1.32. The van der Waals surface area contributed by atoms with Gasteiger partial charge in [0.15, 0.2) is 0 Å². The lowest BCUT2D eigenvalue weighted by Crippen LogP contribution is -2.54. The van der Waals surface area contributed by atoms with Crippen LogP contribution in [-0.2, 0) is 24.0 Å². The van der Waals surface area contributed by atoms with Crippen LogP contribution in [0.5, 0.6) is 0 Å². The molecule has 0 bridgehead atoms. The van der Waals surface area contributed by atoms with E-state index in [1.165, 1.54) is 0 Å². The predicted molar refractivity (Wildman–Crippen MR) is 101 cm³/mol. The minimum absolute atomic E-state index is 0.137. The summed E-state index contributed by atoms with van der Waals surface area (Å²) in [6, 6.07) is -3.58. The van der Waals surface area contributed by atoms with E-state index < -0.39 is 60.8 Å². The molecule has 13 heteroatoms. The molecule has 3 atom stereocenters. The van der Waals surface area contributed by atoms with Gasteiger partial charge in [-0.2, -0.15) is 12.6 Å². The van der Waals surface area contributed by atoms with Crippen LogP contribution in [-0.4, -0.2) is 76.8 Å². The van der Waals surface area contributed by atoms with Gasteiger partial charge in [0.05, 0.1) is 19.0 Å². The van der Waals surface area contributed by atoms with Crippen molar-refractivity contribution in [2.24, 2.45) is 11.5 Å². The SMILES string of the molecule is NCCCCC(NC(=O)CNC(=O)C(N)CC(=O)O)C(=O)NC(CS)C(=O)O. The first kappa shape index (κ1) is 25.6. The molecule has 0 fully saturated rings. The van der Waals surface area contributed by atoms with Crippen LogP contribution in [0.2, 0.25) is 0 Å². The van der Waals surface area contributed by atoms with Gasteiger partial charge in [0, 0.05) is 5.75 Å². The third-order valence-electron chi connectivity index (χ3n) is 3.55. The zero-order valence-corrected chi connectivity index (χ0v) is 16.1. The van der Waals surface area contributed by atoms with E-state index in [1.807, 2.05) is 0 Å². The molecule has 0 aliphatic heterocycles. The lowest BCUT2D eigenvalue weighted by molar-refractivity contribution is -0.141. The summed E-state index contributed by atoms with van der Waals surface area (Å²) in [5.74, 6) is -4.93. The molecule has 3 unspecified atom stereocenters. The second-order valence-corrected chi connectivity index (χ2v) is 6.27. The van der Waals surface area contributed by atoms with E-state index in [0.717, 1.165) is 0 Å². The van der Waals surface area contributed by atoms with E-state index in [-0.39, 0.29) is 12.2 Å². The lowest BCUT2D eigenvalue weighted by Gasteiger charge is -2.21. The molecule has 0 radical (unpaired) electrons.